The Morgan fingerprint density at radius 2 is 2.11 bits per heavy atom. The van der Waals surface area contributed by atoms with E-state index in [2.05, 4.69) is 22.2 Å². The van der Waals surface area contributed by atoms with Gasteiger partial charge >= 0.3 is 0 Å². The number of hydrogen-bond donors (Lipinski definition) is 1. The van der Waals surface area contributed by atoms with Crippen LogP contribution in [-0.4, -0.2) is 39.4 Å². The number of unbranched alkanes of at least 4 members (excludes halogenated alkanes) is 3. The average molecular weight is 265 g/mol. The van der Waals surface area contributed by atoms with Gasteiger partial charge in [-0.25, -0.2) is 0 Å². The minimum absolute atomic E-state index is 0.548. The molecular weight excluding hydrogens is 242 g/mol. The number of nitrogens with zero attached hydrogens (tertiary/aromatic N) is 3. The zero-order valence-electron chi connectivity index (χ0n) is 11.6. The lowest BCUT2D eigenvalue weighted by molar-refractivity contribution is 0.0982. The van der Waals surface area contributed by atoms with E-state index in [0.29, 0.717) is 13.0 Å². The van der Waals surface area contributed by atoms with Crippen LogP contribution in [0.2, 0.25) is 0 Å². The molecule has 0 fully saturated rings. The molecule has 0 saturated carbocycles. The minimum atomic E-state index is -0.548. The molecule has 0 saturated heterocycles. The number of rotatable bonds is 10. The summed E-state index contributed by atoms with van der Waals surface area (Å²) in [5.74, 6) is 5.38. The summed E-state index contributed by atoms with van der Waals surface area (Å²) in [6, 6.07) is 0. The lowest BCUT2D eigenvalue weighted by Gasteiger charge is -2.05. The third-order valence-corrected chi connectivity index (χ3v) is 2.74. The van der Waals surface area contributed by atoms with Gasteiger partial charge in [0.05, 0.1) is 6.20 Å². The van der Waals surface area contributed by atoms with Crippen molar-refractivity contribution in [3.05, 3.63) is 12.4 Å². The summed E-state index contributed by atoms with van der Waals surface area (Å²) >= 11 is 0. The Kier molecular flexibility index (Phi) is 8.69. The first-order valence-electron chi connectivity index (χ1n) is 6.85. The second kappa shape index (κ2) is 10.5. The van der Waals surface area contributed by atoms with Crippen molar-refractivity contribution in [2.75, 3.05) is 13.2 Å². The van der Waals surface area contributed by atoms with Crippen molar-refractivity contribution in [1.29, 1.82) is 0 Å². The van der Waals surface area contributed by atoms with Crippen LogP contribution in [0.25, 0.3) is 0 Å². The summed E-state index contributed by atoms with van der Waals surface area (Å²) in [5.41, 5.74) is 0. The van der Waals surface area contributed by atoms with Gasteiger partial charge in [-0.05, 0) is 19.8 Å². The summed E-state index contributed by atoms with van der Waals surface area (Å²) in [5, 5.41) is 17.0. The molecule has 1 unspecified atom stereocenters. The van der Waals surface area contributed by atoms with E-state index >= 15 is 0 Å². The normalized spacial score (nSPS) is 11.9. The number of ether oxygens (including phenoxy) is 1. The molecule has 19 heavy (non-hydrogen) atoms. The summed E-state index contributed by atoms with van der Waals surface area (Å²) in [6.07, 6.45) is 8.14. The summed E-state index contributed by atoms with van der Waals surface area (Å²) in [4.78, 5) is 0. The highest BCUT2D eigenvalue weighted by molar-refractivity contribution is 5.01. The first-order valence-corrected chi connectivity index (χ1v) is 6.85. The Labute approximate surface area is 115 Å². The van der Waals surface area contributed by atoms with Crippen molar-refractivity contribution >= 4 is 0 Å². The summed E-state index contributed by atoms with van der Waals surface area (Å²) < 4.78 is 7.30. The highest BCUT2D eigenvalue weighted by Gasteiger charge is 1.98. The Morgan fingerprint density at radius 3 is 2.84 bits per heavy atom. The van der Waals surface area contributed by atoms with Crippen molar-refractivity contribution in [1.82, 2.24) is 15.0 Å². The molecule has 0 amide bonds. The molecule has 0 aliphatic carbocycles. The van der Waals surface area contributed by atoms with Crippen LogP contribution in [0.15, 0.2) is 12.4 Å². The number of aromatic nitrogens is 3. The molecule has 0 aliphatic heterocycles. The summed E-state index contributed by atoms with van der Waals surface area (Å²) in [6.45, 7) is 4.00. The second-order valence-corrected chi connectivity index (χ2v) is 4.39. The molecule has 0 spiro atoms. The maximum Gasteiger partial charge on any atom is 0.116 e. The van der Waals surface area contributed by atoms with E-state index in [9.17, 15) is 5.11 Å². The molecule has 1 N–H and O–H groups in total. The van der Waals surface area contributed by atoms with E-state index in [1.807, 2.05) is 10.9 Å². The van der Waals surface area contributed by atoms with E-state index in [1.165, 1.54) is 6.42 Å². The standard InChI is InChI=1S/C14H23N3O2/c1-2-7-14(18)8-13-19-12-6-4-3-5-10-17-11-9-15-16-17/h9,11,14,18H,3-6,8,10,12-13H2,1H3. The van der Waals surface area contributed by atoms with Crippen LogP contribution in [0.4, 0.5) is 0 Å². The topological polar surface area (TPSA) is 60.2 Å². The molecule has 1 aromatic heterocycles. The molecule has 106 valence electrons. The fourth-order valence-corrected chi connectivity index (χ4v) is 1.72. The van der Waals surface area contributed by atoms with Crippen molar-refractivity contribution < 1.29 is 9.84 Å². The minimum Gasteiger partial charge on any atom is -0.381 e. The largest absolute Gasteiger partial charge is 0.381 e. The smallest absolute Gasteiger partial charge is 0.116 e. The molecule has 0 aromatic carbocycles. The maximum absolute atomic E-state index is 9.35. The molecule has 5 heteroatoms. The van der Waals surface area contributed by atoms with Crippen molar-refractivity contribution in [3.63, 3.8) is 0 Å². The maximum atomic E-state index is 9.35. The SMILES string of the molecule is CC#CC(O)CCOCCCCCCn1ccnn1. The van der Waals surface area contributed by atoms with Crippen LogP contribution < -0.4 is 0 Å². The van der Waals surface area contributed by atoms with Crippen molar-refractivity contribution in [2.24, 2.45) is 0 Å². The third kappa shape index (κ3) is 8.36. The van der Waals surface area contributed by atoms with Gasteiger partial charge in [-0.2, -0.15) is 0 Å². The first kappa shape index (κ1) is 15.7. The van der Waals surface area contributed by atoms with Gasteiger partial charge in [0.25, 0.3) is 0 Å². The van der Waals surface area contributed by atoms with Crippen LogP contribution in [0, 0.1) is 11.8 Å². The quantitative estimate of drug-likeness (QED) is 0.516. The fourth-order valence-electron chi connectivity index (χ4n) is 1.72. The Balaban J connectivity index is 1.82. The molecule has 1 heterocycles. The van der Waals surface area contributed by atoms with Gasteiger partial charge in [0.1, 0.15) is 6.10 Å². The van der Waals surface area contributed by atoms with Crippen molar-refractivity contribution in [2.45, 2.75) is 51.7 Å². The zero-order chi connectivity index (χ0) is 13.8. The molecule has 1 atom stereocenters. The second-order valence-electron chi connectivity index (χ2n) is 4.39. The van der Waals surface area contributed by atoms with E-state index in [-0.39, 0.29) is 0 Å². The molecule has 0 radical (unpaired) electrons. The van der Waals surface area contributed by atoms with Crippen molar-refractivity contribution in [3.8, 4) is 11.8 Å². The lowest BCUT2D eigenvalue weighted by Crippen LogP contribution is -2.08. The van der Waals surface area contributed by atoms with Crippen LogP contribution in [0.5, 0.6) is 0 Å². The first-order chi connectivity index (χ1) is 9.33. The van der Waals surface area contributed by atoms with E-state index in [0.717, 1.165) is 32.4 Å². The highest BCUT2D eigenvalue weighted by atomic mass is 16.5. The molecule has 0 aliphatic rings. The average Bonchev–Trinajstić information content (AvgIpc) is 2.90. The molecule has 0 bridgehead atoms. The van der Waals surface area contributed by atoms with Gasteiger partial charge in [-0.15, -0.1) is 11.0 Å². The number of hydrogen-bond acceptors (Lipinski definition) is 4. The molecule has 1 rings (SSSR count). The van der Waals surface area contributed by atoms with Gasteiger partial charge in [0, 0.05) is 32.4 Å². The van der Waals surface area contributed by atoms with Gasteiger partial charge < -0.3 is 9.84 Å². The monoisotopic (exact) mass is 265 g/mol. The number of aliphatic hydroxyl groups excluding tert-OH is 1. The number of aryl methyl sites for hydroxylation is 1. The predicted molar refractivity (Wildman–Crippen MR) is 73.4 cm³/mol. The Bertz CT molecular complexity index is 368. The Hall–Kier alpha value is -1.38. The predicted octanol–water partition coefficient (Wildman–Crippen LogP) is 1.63. The molecule has 5 nitrogen and oxygen atoms in total. The molecule has 1 aromatic rings. The van der Waals surface area contributed by atoms with E-state index in [1.54, 1.807) is 13.1 Å². The van der Waals surface area contributed by atoms with E-state index in [4.69, 9.17) is 4.74 Å². The summed E-state index contributed by atoms with van der Waals surface area (Å²) in [7, 11) is 0. The Morgan fingerprint density at radius 1 is 1.26 bits per heavy atom. The van der Waals surface area contributed by atoms with Gasteiger partial charge in [0.15, 0.2) is 0 Å². The fraction of sp³-hybridized carbons (Fsp3) is 0.714. The van der Waals surface area contributed by atoms with Gasteiger partial charge in [0.2, 0.25) is 0 Å². The van der Waals surface area contributed by atoms with E-state index < -0.39 is 6.10 Å². The van der Waals surface area contributed by atoms with Crippen LogP contribution in [0.1, 0.15) is 39.0 Å². The van der Waals surface area contributed by atoms with Gasteiger partial charge in [-0.1, -0.05) is 24.0 Å². The van der Waals surface area contributed by atoms with Crippen LogP contribution >= 0.6 is 0 Å². The highest BCUT2D eigenvalue weighted by Crippen LogP contribution is 2.02. The lowest BCUT2D eigenvalue weighted by atomic mass is 10.2. The number of aliphatic hydroxyl groups is 1. The van der Waals surface area contributed by atoms with Gasteiger partial charge in [-0.3, -0.25) is 4.68 Å². The molecular formula is C14H23N3O2. The third-order valence-electron chi connectivity index (χ3n) is 2.74. The van der Waals surface area contributed by atoms with Crippen LogP contribution in [-0.2, 0) is 11.3 Å². The van der Waals surface area contributed by atoms with Crippen LogP contribution in [0.3, 0.4) is 0 Å². The zero-order valence-corrected chi connectivity index (χ0v) is 11.6.